The zero-order valence-corrected chi connectivity index (χ0v) is 18.9. The van der Waals surface area contributed by atoms with Gasteiger partial charge in [0.15, 0.2) is 0 Å². The number of nitrogens with zero attached hydrogens (tertiary/aromatic N) is 5. The van der Waals surface area contributed by atoms with Crippen LogP contribution in [-0.2, 0) is 4.74 Å². The van der Waals surface area contributed by atoms with E-state index in [9.17, 15) is 4.79 Å². The Hall–Kier alpha value is -3.77. The third-order valence-electron chi connectivity index (χ3n) is 6.32. The number of benzene rings is 1. The molecule has 1 aliphatic carbocycles. The molecule has 1 aromatic carbocycles. The average molecular weight is 458 g/mol. The SMILES string of the molecule is N#CCC(C1CC1)n1cc(-c2ccnc(Nc3ccc(C(=O)NC4CCOCC4)cc3)n2)cn1. The van der Waals surface area contributed by atoms with Crippen LogP contribution in [0.25, 0.3) is 11.3 Å². The van der Waals surface area contributed by atoms with Gasteiger partial charge in [-0.2, -0.15) is 10.4 Å². The lowest BCUT2D eigenvalue weighted by molar-refractivity contribution is 0.0696. The number of amides is 1. The van der Waals surface area contributed by atoms with Crippen LogP contribution in [0.15, 0.2) is 48.9 Å². The minimum atomic E-state index is -0.0744. The molecule has 2 aliphatic rings. The van der Waals surface area contributed by atoms with Gasteiger partial charge in [-0.15, -0.1) is 0 Å². The van der Waals surface area contributed by atoms with Crippen molar-refractivity contribution in [3.8, 4) is 17.3 Å². The molecule has 3 aromatic rings. The van der Waals surface area contributed by atoms with E-state index in [1.54, 1.807) is 24.5 Å². The predicted octanol–water partition coefficient (Wildman–Crippen LogP) is 3.86. The number of nitriles is 1. The number of carbonyl (C=O) groups is 1. The molecule has 1 atom stereocenters. The van der Waals surface area contributed by atoms with Gasteiger partial charge in [0.05, 0.1) is 30.4 Å². The molecule has 2 fully saturated rings. The number of ether oxygens (including phenoxy) is 1. The second-order valence-corrected chi connectivity index (χ2v) is 8.80. The first kappa shape index (κ1) is 22.0. The predicted molar refractivity (Wildman–Crippen MR) is 126 cm³/mol. The third-order valence-corrected chi connectivity index (χ3v) is 6.32. The zero-order chi connectivity index (χ0) is 23.3. The van der Waals surface area contributed by atoms with Crippen molar-refractivity contribution in [3.05, 3.63) is 54.5 Å². The van der Waals surface area contributed by atoms with Gasteiger partial charge in [-0.25, -0.2) is 9.97 Å². The summed E-state index contributed by atoms with van der Waals surface area (Å²) in [6, 6.07) is 11.7. The van der Waals surface area contributed by atoms with Crippen LogP contribution in [0.2, 0.25) is 0 Å². The lowest BCUT2D eigenvalue weighted by Crippen LogP contribution is -2.38. The van der Waals surface area contributed by atoms with Gasteiger partial charge in [0.1, 0.15) is 0 Å². The molecule has 2 aromatic heterocycles. The van der Waals surface area contributed by atoms with Crippen LogP contribution in [0.1, 0.15) is 48.5 Å². The van der Waals surface area contributed by atoms with Gasteiger partial charge in [-0.05, 0) is 61.9 Å². The summed E-state index contributed by atoms with van der Waals surface area (Å²) >= 11 is 0. The second kappa shape index (κ2) is 10.0. The van der Waals surface area contributed by atoms with Crippen molar-refractivity contribution in [2.75, 3.05) is 18.5 Å². The first-order valence-corrected chi connectivity index (χ1v) is 11.7. The Balaban J connectivity index is 1.24. The van der Waals surface area contributed by atoms with Crippen molar-refractivity contribution in [1.29, 1.82) is 5.26 Å². The Morgan fingerprint density at radius 3 is 2.71 bits per heavy atom. The summed E-state index contributed by atoms with van der Waals surface area (Å²) in [5, 5.41) is 19.9. The summed E-state index contributed by atoms with van der Waals surface area (Å²) in [6.45, 7) is 1.38. The van der Waals surface area contributed by atoms with Crippen LogP contribution < -0.4 is 10.6 Å². The zero-order valence-electron chi connectivity index (χ0n) is 18.9. The lowest BCUT2D eigenvalue weighted by Gasteiger charge is -2.23. The molecule has 9 heteroatoms. The first-order chi connectivity index (χ1) is 16.7. The van der Waals surface area contributed by atoms with Gasteiger partial charge >= 0.3 is 0 Å². The molecule has 174 valence electrons. The number of rotatable bonds is 8. The molecule has 0 radical (unpaired) electrons. The van der Waals surface area contributed by atoms with Crippen LogP contribution in [0, 0.1) is 17.2 Å². The highest BCUT2D eigenvalue weighted by Crippen LogP contribution is 2.41. The molecule has 9 nitrogen and oxygen atoms in total. The summed E-state index contributed by atoms with van der Waals surface area (Å²) in [7, 11) is 0. The van der Waals surface area contributed by atoms with Crippen molar-refractivity contribution in [2.45, 2.75) is 44.2 Å². The minimum absolute atomic E-state index is 0.0744. The van der Waals surface area contributed by atoms with Gasteiger partial charge in [0.2, 0.25) is 5.95 Å². The molecule has 3 heterocycles. The van der Waals surface area contributed by atoms with Crippen molar-refractivity contribution in [2.24, 2.45) is 5.92 Å². The number of aromatic nitrogens is 4. The third kappa shape index (κ3) is 5.24. The van der Waals surface area contributed by atoms with Gasteiger partial charge in [-0.1, -0.05) is 0 Å². The highest BCUT2D eigenvalue weighted by atomic mass is 16.5. The molecular weight excluding hydrogens is 430 g/mol. The Morgan fingerprint density at radius 2 is 1.97 bits per heavy atom. The quantitative estimate of drug-likeness (QED) is 0.527. The molecule has 1 saturated heterocycles. The highest BCUT2D eigenvalue weighted by Gasteiger charge is 2.33. The Kier molecular flexibility index (Phi) is 6.49. The van der Waals surface area contributed by atoms with Gasteiger partial charge in [-0.3, -0.25) is 9.48 Å². The van der Waals surface area contributed by atoms with E-state index in [2.05, 4.69) is 31.8 Å². The minimum Gasteiger partial charge on any atom is -0.381 e. The fourth-order valence-corrected chi connectivity index (χ4v) is 4.23. The van der Waals surface area contributed by atoms with Crippen LogP contribution in [0.4, 0.5) is 11.6 Å². The Bertz CT molecular complexity index is 1170. The maximum atomic E-state index is 12.5. The summed E-state index contributed by atoms with van der Waals surface area (Å²) in [5.41, 5.74) is 3.04. The number of hydrogen-bond donors (Lipinski definition) is 2. The monoisotopic (exact) mass is 457 g/mol. The van der Waals surface area contributed by atoms with E-state index in [0.29, 0.717) is 37.1 Å². The number of nitrogens with one attached hydrogen (secondary N) is 2. The van der Waals surface area contributed by atoms with Gasteiger partial charge < -0.3 is 15.4 Å². The summed E-state index contributed by atoms with van der Waals surface area (Å²) in [6.07, 6.45) is 9.90. The normalized spacial score (nSPS) is 17.0. The maximum Gasteiger partial charge on any atom is 0.251 e. The largest absolute Gasteiger partial charge is 0.381 e. The fourth-order valence-electron chi connectivity index (χ4n) is 4.23. The standard InChI is InChI=1S/C25H27N7O2/c26-11-7-23(17-1-2-17)32-16-19(15-28-32)22-8-12-27-25(31-22)30-20-5-3-18(4-6-20)24(33)29-21-9-13-34-14-10-21/h3-6,8,12,15-17,21,23H,1-2,7,9-10,13-14H2,(H,29,33)(H,27,30,31). The Morgan fingerprint density at radius 1 is 1.18 bits per heavy atom. The van der Waals surface area contributed by atoms with Gasteiger partial charge in [0.25, 0.3) is 5.91 Å². The van der Waals surface area contributed by atoms with E-state index in [-0.39, 0.29) is 18.0 Å². The van der Waals surface area contributed by atoms with E-state index < -0.39 is 0 Å². The summed E-state index contributed by atoms with van der Waals surface area (Å²) in [5.74, 6) is 0.923. The molecule has 1 unspecified atom stereocenters. The molecule has 34 heavy (non-hydrogen) atoms. The summed E-state index contributed by atoms with van der Waals surface area (Å²) < 4.78 is 7.24. The number of anilines is 2. The lowest BCUT2D eigenvalue weighted by atomic mass is 10.1. The van der Waals surface area contributed by atoms with E-state index in [0.717, 1.165) is 42.6 Å². The second-order valence-electron chi connectivity index (χ2n) is 8.80. The number of hydrogen-bond acceptors (Lipinski definition) is 7. The Labute approximate surface area is 198 Å². The van der Waals surface area contributed by atoms with Crippen LogP contribution in [0.5, 0.6) is 0 Å². The average Bonchev–Trinajstić information content (AvgIpc) is 3.59. The molecule has 2 N–H and O–H groups in total. The molecule has 1 amide bonds. The number of carbonyl (C=O) groups excluding carboxylic acids is 1. The van der Waals surface area contributed by atoms with Crippen molar-refractivity contribution >= 4 is 17.5 Å². The topological polar surface area (TPSA) is 118 Å². The molecule has 0 spiro atoms. The van der Waals surface area contributed by atoms with E-state index in [1.165, 1.54) is 0 Å². The summed E-state index contributed by atoms with van der Waals surface area (Å²) in [4.78, 5) is 21.4. The first-order valence-electron chi connectivity index (χ1n) is 11.7. The van der Waals surface area contributed by atoms with E-state index in [4.69, 9.17) is 10.00 Å². The van der Waals surface area contributed by atoms with Crippen molar-refractivity contribution in [1.82, 2.24) is 25.1 Å². The van der Waals surface area contributed by atoms with Crippen LogP contribution >= 0.6 is 0 Å². The van der Waals surface area contributed by atoms with E-state index >= 15 is 0 Å². The molecule has 1 saturated carbocycles. The molecule has 5 rings (SSSR count). The van der Waals surface area contributed by atoms with Crippen molar-refractivity contribution < 1.29 is 9.53 Å². The fraction of sp³-hybridized carbons (Fsp3) is 0.400. The van der Waals surface area contributed by atoms with Crippen LogP contribution in [-0.4, -0.2) is 44.9 Å². The van der Waals surface area contributed by atoms with E-state index in [1.807, 2.05) is 29.1 Å². The van der Waals surface area contributed by atoms with Gasteiger partial charge in [0, 0.05) is 48.5 Å². The van der Waals surface area contributed by atoms with Crippen LogP contribution in [0.3, 0.4) is 0 Å². The van der Waals surface area contributed by atoms with Crippen molar-refractivity contribution in [3.63, 3.8) is 0 Å². The molecule has 1 aliphatic heterocycles. The highest BCUT2D eigenvalue weighted by molar-refractivity contribution is 5.94. The molecular formula is C25H27N7O2. The molecule has 0 bridgehead atoms. The smallest absolute Gasteiger partial charge is 0.251 e. The maximum absolute atomic E-state index is 12.5.